The van der Waals surface area contributed by atoms with E-state index in [0.29, 0.717) is 24.6 Å². The number of thiol groups is 1. The number of amides is 1. The van der Waals surface area contributed by atoms with E-state index in [0.717, 1.165) is 17.0 Å². The molecular formula is C14H14N2O2S. The zero-order valence-electron chi connectivity index (χ0n) is 10.3. The van der Waals surface area contributed by atoms with Gasteiger partial charge in [0.2, 0.25) is 5.91 Å². The maximum absolute atomic E-state index is 12.1. The molecule has 0 bridgehead atoms. The van der Waals surface area contributed by atoms with Crippen LogP contribution in [0.2, 0.25) is 0 Å². The van der Waals surface area contributed by atoms with Crippen LogP contribution in [0.4, 0.5) is 5.69 Å². The molecular weight excluding hydrogens is 260 g/mol. The minimum atomic E-state index is 0.144. The molecule has 0 aliphatic carbocycles. The summed E-state index contributed by atoms with van der Waals surface area (Å²) in [7, 11) is 0. The molecule has 0 radical (unpaired) electrons. The summed E-state index contributed by atoms with van der Waals surface area (Å²) in [5.74, 6) is 1.87. The van der Waals surface area contributed by atoms with E-state index in [1.54, 1.807) is 6.20 Å². The summed E-state index contributed by atoms with van der Waals surface area (Å²) in [4.78, 5) is 17.9. The molecule has 0 N–H and O–H groups in total. The number of anilines is 1. The molecule has 3 rings (SSSR count). The molecule has 2 heterocycles. The summed E-state index contributed by atoms with van der Waals surface area (Å²) in [5.41, 5.74) is 1.78. The molecule has 1 amide bonds. The number of hydrogen-bond acceptors (Lipinski definition) is 4. The Labute approximate surface area is 116 Å². The quantitative estimate of drug-likeness (QED) is 0.875. The van der Waals surface area contributed by atoms with Gasteiger partial charge >= 0.3 is 0 Å². The zero-order chi connectivity index (χ0) is 13.2. The van der Waals surface area contributed by atoms with Crippen molar-refractivity contribution in [3.05, 3.63) is 36.9 Å². The average molecular weight is 274 g/mol. The van der Waals surface area contributed by atoms with Crippen LogP contribution in [0.1, 0.15) is 6.42 Å². The normalized spacial score (nSPS) is 19.1. The standard InChI is InChI=1S/C14H14N2O2S/c17-14-5-10(8-19)7-16(14)12-4-2-1-3-11(12)13-6-15-9-18-13/h1-4,6,9-10,19H,5,7-8H2. The van der Waals surface area contributed by atoms with Gasteiger partial charge in [-0.3, -0.25) is 4.79 Å². The zero-order valence-corrected chi connectivity index (χ0v) is 11.2. The number of oxazole rings is 1. The fourth-order valence-corrected chi connectivity index (χ4v) is 2.65. The molecule has 5 heteroatoms. The van der Waals surface area contributed by atoms with Gasteiger partial charge in [0.05, 0.1) is 11.9 Å². The van der Waals surface area contributed by atoms with E-state index >= 15 is 0 Å². The Morgan fingerprint density at radius 1 is 1.42 bits per heavy atom. The van der Waals surface area contributed by atoms with E-state index in [1.807, 2.05) is 29.2 Å². The molecule has 0 spiro atoms. The molecule has 1 aromatic heterocycles. The second-order valence-electron chi connectivity index (χ2n) is 4.64. The number of rotatable bonds is 3. The Kier molecular flexibility index (Phi) is 3.29. The lowest BCUT2D eigenvalue weighted by molar-refractivity contribution is -0.117. The molecule has 1 aliphatic rings. The summed E-state index contributed by atoms with van der Waals surface area (Å²) in [6.07, 6.45) is 3.62. The summed E-state index contributed by atoms with van der Waals surface area (Å²) < 4.78 is 5.34. The molecule has 1 atom stereocenters. The Morgan fingerprint density at radius 2 is 2.26 bits per heavy atom. The predicted octanol–water partition coefficient (Wildman–Crippen LogP) is 2.62. The molecule has 4 nitrogen and oxygen atoms in total. The average Bonchev–Trinajstić information content (AvgIpc) is 3.08. The van der Waals surface area contributed by atoms with Crippen molar-refractivity contribution < 1.29 is 9.21 Å². The van der Waals surface area contributed by atoms with Crippen molar-refractivity contribution in [2.75, 3.05) is 17.2 Å². The van der Waals surface area contributed by atoms with Gasteiger partial charge in [-0.1, -0.05) is 12.1 Å². The highest BCUT2D eigenvalue weighted by Crippen LogP contribution is 2.34. The molecule has 1 aliphatic heterocycles. The van der Waals surface area contributed by atoms with E-state index in [1.165, 1.54) is 6.39 Å². The first-order valence-electron chi connectivity index (χ1n) is 6.18. The smallest absolute Gasteiger partial charge is 0.227 e. The maximum atomic E-state index is 12.1. The predicted molar refractivity (Wildman–Crippen MR) is 76.3 cm³/mol. The van der Waals surface area contributed by atoms with Gasteiger partial charge in [0.1, 0.15) is 0 Å². The molecule has 1 saturated heterocycles. The van der Waals surface area contributed by atoms with Crippen LogP contribution in [-0.2, 0) is 4.79 Å². The highest BCUT2D eigenvalue weighted by Gasteiger charge is 2.31. The number of hydrogen-bond donors (Lipinski definition) is 1. The first-order valence-corrected chi connectivity index (χ1v) is 6.82. The van der Waals surface area contributed by atoms with Gasteiger partial charge in [-0.25, -0.2) is 4.98 Å². The third-order valence-corrected chi connectivity index (χ3v) is 3.87. The summed E-state index contributed by atoms with van der Waals surface area (Å²) in [5, 5.41) is 0. The second kappa shape index (κ2) is 5.09. The van der Waals surface area contributed by atoms with Crippen LogP contribution < -0.4 is 4.90 Å². The number of aromatic nitrogens is 1. The summed E-state index contributed by atoms with van der Waals surface area (Å²) in [6, 6.07) is 7.74. The van der Waals surface area contributed by atoms with Crippen LogP contribution >= 0.6 is 12.6 Å². The van der Waals surface area contributed by atoms with Crippen LogP contribution in [-0.4, -0.2) is 23.2 Å². The van der Waals surface area contributed by atoms with Gasteiger partial charge in [-0.05, 0) is 23.8 Å². The molecule has 19 heavy (non-hydrogen) atoms. The third-order valence-electron chi connectivity index (χ3n) is 3.36. The molecule has 1 unspecified atom stereocenters. The van der Waals surface area contributed by atoms with E-state index < -0.39 is 0 Å². The van der Waals surface area contributed by atoms with Crippen molar-refractivity contribution in [2.24, 2.45) is 5.92 Å². The van der Waals surface area contributed by atoms with Crippen molar-refractivity contribution in [3.8, 4) is 11.3 Å². The molecule has 1 aromatic carbocycles. The lowest BCUT2D eigenvalue weighted by Crippen LogP contribution is -2.25. The first-order chi connectivity index (χ1) is 9.29. The second-order valence-corrected chi connectivity index (χ2v) is 5.01. The van der Waals surface area contributed by atoms with Gasteiger partial charge in [0.15, 0.2) is 12.2 Å². The lowest BCUT2D eigenvalue weighted by Gasteiger charge is -2.19. The van der Waals surface area contributed by atoms with Crippen molar-refractivity contribution >= 4 is 24.2 Å². The van der Waals surface area contributed by atoms with Crippen molar-refractivity contribution in [1.29, 1.82) is 0 Å². The van der Waals surface area contributed by atoms with Crippen LogP contribution in [0.3, 0.4) is 0 Å². The number of benzene rings is 1. The van der Waals surface area contributed by atoms with E-state index in [2.05, 4.69) is 17.6 Å². The van der Waals surface area contributed by atoms with Gasteiger partial charge in [0, 0.05) is 18.5 Å². The minimum absolute atomic E-state index is 0.144. The summed E-state index contributed by atoms with van der Waals surface area (Å²) in [6.45, 7) is 0.716. The van der Waals surface area contributed by atoms with Crippen molar-refractivity contribution in [3.63, 3.8) is 0 Å². The van der Waals surface area contributed by atoms with E-state index in [-0.39, 0.29) is 5.91 Å². The fourth-order valence-electron chi connectivity index (χ4n) is 2.40. The number of nitrogens with zero attached hydrogens (tertiary/aromatic N) is 2. The minimum Gasteiger partial charge on any atom is -0.443 e. The lowest BCUT2D eigenvalue weighted by atomic mass is 10.1. The SMILES string of the molecule is O=C1CC(CS)CN1c1ccccc1-c1cnco1. The van der Waals surface area contributed by atoms with Crippen LogP contribution in [0, 0.1) is 5.92 Å². The fraction of sp³-hybridized carbons (Fsp3) is 0.286. The Bertz CT molecular complexity index is 583. The maximum Gasteiger partial charge on any atom is 0.227 e. The molecule has 0 saturated carbocycles. The molecule has 1 fully saturated rings. The van der Waals surface area contributed by atoms with Crippen LogP contribution in [0.5, 0.6) is 0 Å². The van der Waals surface area contributed by atoms with Crippen molar-refractivity contribution in [1.82, 2.24) is 4.98 Å². The van der Waals surface area contributed by atoms with Crippen LogP contribution in [0.15, 0.2) is 41.3 Å². The molecule has 98 valence electrons. The Morgan fingerprint density at radius 3 is 2.95 bits per heavy atom. The number of carbonyl (C=O) groups is 1. The third kappa shape index (κ3) is 2.26. The molecule has 2 aromatic rings. The van der Waals surface area contributed by atoms with Crippen molar-refractivity contribution in [2.45, 2.75) is 6.42 Å². The summed E-state index contributed by atoms with van der Waals surface area (Å²) >= 11 is 4.29. The topological polar surface area (TPSA) is 46.3 Å². The van der Waals surface area contributed by atoms with Gasteiger partial charge < -0.3 is 9.32 Å². The van der Waals surface area contributed by atoms with E-state index in [4.69, 9.17) is 4.42 Å². The van der Waals surface area contributed by atoms with Gasteiger partial charge in [0.25, 0.3) is 0 Å². The largest absolute Gasteiger partial charge is 0.443 e. The van der Waals surface area contributed by atoms with E-state index in [9.17, 15) is 4.79 Å². The number of carbonyl (C=O) groups excluding carboxylic acids is 1. The van der Waals surface area contributed by atoms with Gasteiger partial charge in [-0.2, -0.15) is 12.6 Å². The Hall–Kier alpha value is -1.75. The highest BCUT2D eigenvalue weighted by molar-refractivity contribution is 7.80. The number of para-hydroxylation sites is 1. The monoisotopic (exact) mass is 274 g/mol. The van der Waals surface area contributed by atoms with Crippen LogP contribution in [0.25, 0.3) is 11.3 Å². The Balaban J connectivity index is 2.00. The van der Waals surface area contributed by atoms with Gasteiger partial charge in [-0.15, -0.1) is 0 Å². The first kappa shape index (κ1) is 12.3. The highest BCUT2D eigenvalue weighted by atomic mass is 32.1.